The van der Waals surface area contributed by atoms with Crippen LogP contribution in [0.15, 0.2) is 67.1 Å². The lowest BCUT2D eigenvalue weighted by atomic mass is 10.1. The minimum absolute atomic E-state index is 0.755. The zero-order valence-electron chi connectivity index (χ0n) is 14.1. The Kier molecular flexibility index (Phi) is 3.82. The SMILES string of the molecule is COc1cc(-n2cccn2)ccc1Nc1ccnc2cc(C)ccc12. The maximum Gasteiger partial charge on any atom is 0.144 e. The van der Waals surface area contributed by atoms with Gasteiger partial charge >= 0.3 is 0 Å². The van der Waals surface area contributed by atoms with Gasteiger partial charge in [0.25, 0.3) is 0 Å². The van der Waals surface area contributed by atoms with E-state index in [-0.39, 0.29) is 0 Å². The summed E-state index contributed by atoms with van der Waals surface area (Å²) in [5.41, 5.74) is 5.00. The van der Waals surface area contributed by atoms with E-state index >= 15 is 0 Å². The fourth-order valence-corrected chi connectivity index (χ4v) is 2.86. The summed E-state index contributed by atoms with van der Waals surface area (Å²) in [4.78, 5) is 4.45. The molecule has 1 N–H and O–H groups in total. The molecular weight excluding hydrogens is 312 g/mol. The molecule has 2 aromatic heterocycles. The van der Waals surface area contributed by atoms with Crippen LogP contribution in [0.3, 0.4) is 0 Å². The summed E-state index contributed by atoms with van der Waals surface area (Å²) in [7, 11) is 1.67. The first-order valence-corrected chi connectivity index (χ1v) is 8.05. The fourth-order valence-electron chi connectivity index (χ4n) is 2.86. The van der Waals surface area contributed by atoms with Gasteiger partial charge in [-0.2, -0.15) is 5.10 Å². The minimum Gasteiger partial charge on any atom is -0.494 e. The molecule has 25 heavy (non-hydrogen) atoms. The Balaban J connectivity index is 1.74. The number of rotatable bonds is 4. The molecule has 5 heteroatoms. The van der Waals surface area contributed by atoms with Gasteiger partial charge < -0.3 is 10.1 Å². The minimum atomic E-state index is 0.755. The van der Waals surface area contributed by atoms with Crippen molar-refractivity contribution in [3.05, 3.63) is 72.7 Å². The normalized spacial score (nSPS) is 10.8. The molecule has 0 spiro atoms. The highest BCUT2D eigenvalue weighted by atomic mass is 16.5. The summed E-state index contributed by atoms with van der Waals surface area (Å²) in [6.07, 6.45) is 5.47. The van der Waals surface area contributed by atoms with Crippen LogP contribution in [0, 0.1) is 6.92 Å². The van der Waals surface area contributed by atoms with Crippen LogP contribution in [0.25, 0.3) is 16.6 Å². The van der Waals surface area contributed by atoms with Crippen molar-refractivity contribution in [3.8, 4) is 11.4 Å². The third-order valence-electron chi connectivity index (χ3n) is 4.12. The van der Waals surface area contributed by atoms with Crippen molar-refractivity contribution in [2.45, 2.75) is 6.92 Å². The number of nitrogens with one attached hydrogen (secondary N) is 1. The van der Waals surface area contributed by atoms with Crippen LogP contribution in [0.2, 0.25) is 0 Å². The second-order valence-electron chi connectivity index (χ2n) is 5.84. The summed E-state index contributed by atoms with van der Waals surface area (Å²) in [5.74, 6) is 0.755. The highest BCUT2D eigenvalue weighted by Crippen LogP contribution is 2.32. The van der Waals surface area contributed by atoms with E-state index in [1.165, 1.54) is 5.56 Å². The molecule has 0 unspecified atom stereocenters. The van der Waals surface area contributed by atoms with Gasteiger partial charge in [0.05, 0.1) is 24.0 Å². The van der Waals surface area contributed by atoms with Gasteiger partial charge in [-0.1, -0.05) is 12.1 Å². The van der Waals surface area contributed by atoms with E-state index < -0.39 is 0 Å². The first-order valence-electron chi connectivity index (χ1n) is 8.05. The molecule has 0 amide bonds. The van der Waals surface area contributed by atoms with Crippen LogP contribution in [-0.2, 0) is 0 Å². The van der Waals surface area contributed by atoms with Crippen LogP contribution >= 0.6 is 0 Å². The highest BCUT2D eigenvalue weighted by Gasteiger charge is 2.09. The number of aromatic nitrogens is 3. The Morgan fingerprint density at radius 1 is 1.00 bits per heavy atom. The lowest BCUT2D eigenvalue weighted by molar-refractivity contribution is 0.416. The molecule has 0 saturated carbocycles. The number of fused-ring (bicyclic) bond motifs is 1. The molecule has 0 saturated heterocycles. The first-order chi connectivity index (χ1) is 12.2. The molecular formula is C20H18N4O. The predicted molar refractivity (Wildman–Crippen MR) is 99.9 cm³/mol. The third-order valence-corrected chi connectivity index (χ3v) is 4.12. The number of methoxy groups -OCH3 is 1. The molecule has 0 aliphatic heterocycles. The molecule has 2 aromatic carbocycles. The maximum absolute atomic E-state index is 5.57. The van der Waals surface area contributed by atoms with Crippen molar-refractivity contribution >= 4 is 22.3 Å². The zero-order valence-corrected chi connectivity index (χ0v) is 14.1. The van der Waals surface area contributed by atoms with E-state index in [4.69, 9.17) is 4.74 Å². The zero-order chi connectivity index (χ0) is 17.2. The Hall–Kier alpha value is -3.34. The number of ether oxygens (including phenoxy) is 1. The van der Waals surface area contributed by atoms with Crippen molar-refractivity contribution in [2.75, 3.05) is 12.4 Å². The van der Waals surface area contributed by atoms with Crippen molar-refractivity contribution in [1.82, 2.24) is 14.8 Å². The van der Waals surface area contributed by atoms with E-state index in [2.05, 4.69) is 40.5 Å². The van der Waals surface area contributed by atoms with Gasteiger partial charge in [0.2, 0.25) is 0 Å². The Bertz CT molecular complexity index is 1030. The highest BCUT2D eigenvalue weighted by molar-refractivity contribution is 5.93. The number of hydrogen-bond acceptors (Lipinski definition) is 4. The number of pyridine rings is 1. The Labute approximate surface area is 145 Å². The summed E-state index contributed by atoms with van der Waals surface area (Å²) < 4.78 is 7.37. The number of hydrogen-bond donors (Lipinski definition) is 1. The lowest BCUT2D eigenvalue weighted by Gasteiger charge is -2.14. The molecule has 0 aliphatic carbocycles. The fraction of sp³-hybridized carbons (Fsp3) is 0.100. The molecule has 0 atom stereocenters. The summed E-state index contributed by atoms with van der Waals surface area (Å²) in [6, 6.07) is 16.1. The van der Waals surface area contributed by atoms with Crippen LogP contribution < -0.4 is 10.1 Å². The Morgan fingerprint density at radius 2 is 1.92 bits per heavy atom. The average molecular weight is 330 g/mol. The number of anilines is 2. The largest absolute Gasteiger partial charge is 0.494 e. The molecule has 5 nitrogen and oxygen atoms in total. The molecule has 4 rings (SSSR count). The average Bonchev–Trinajstić information content (AvgIpc) is 3.16. The second-order valence-corrected chi connectivity index (χ2v) is 5.84. The number of benzene rings is 2. The first kappa shape index (κ1) is 15.2. The van der Waals surface area contributed by atoms with Crippen molar-refractivity contribution in [3.63, 3.8) is 0 Å². The van der Waals surface area contributed by atoms with Crippen LogP contribution in [-0.4, -0.2) is 21.9 Å². The van der Waals surface area contributed by atoms with Crippen molar-refractivity contribution in [1.29, 1.82) is 0 Å². The van der Waals surface area contributed by atoms with Crippen molar-refractivity contribution in [2.24, 2.45) is 0 Å². The number of nitrogens with zero attached hydrogens (tertiary/aromatic N) is 3. The van der Waals surface area contributed by atoms with Gasteiger partial charge in [-0.15, -0.1) is 0 Å². The van der Waals surface area contributed by atoms with Crippen LogP contribution in [0.1, 0.15) is 5.56 Å². The van der Waals surface area contributed by atoms with Crippen LogP contribution in [0.4, 0.5) is 11.4 Å². The molecule has 0 bridgehead atoms. The van der Waals surface area contributed by atoms with E-state index in [0.717, 1.165) is 33.7 Å². The van der Waals surface area contributed by atoms with Gasteiger partial charge in [-0.25, -0.2) is 4.68 Å². The molecule has 4 aromatic rings. The molecule has 124 valence electrons. The van der Waals surface area contributed by atoms with E-state index in [1.807, 2.05) is 42.7 Å². The topological polar surface area (TPSA) is 52.0 Å². The summed E-state index contributed by atoms with van der Waals surface area (Å²) in [5, 5.41) is 8.80. The Morgan fingerprint density at radius 3 is 2.72 bits per heavy atom. The monoisotopic (exact) mass is 330 g/mol. The molecule has 0 aliphatic rings. The lowest BCUT2D eigenvalue weighted by Crippen LogP contribution is -1.99. The van der Waals surface area contributed by atoms with Gasteiger partial charge in [0.15, 0.2) is 0 Å². The van der Waals surface area contributed by atoms with E-state index in [9.17, 15) is 0 Å². The standard InChI is InChI=1S/C20H18N4O/c1-14-4-6-16-17(8-10-21-19(16)12-14)23-18-7-5-15(13-20(18)25-2)24-11-3-9-22-24/h3-13H,1-2H3,(H,21,23). The van der Waals surface area contributed by atoms with Gasteiger partial charge in [0, 0.05) is 35.7 Å². The van der Waals surface area contributed by atoms with Crippen molar-refractivity contribution < 1.29 is 4.74 Å². The molecule has 0 radical (unpaired) electrons. The molecule has 2 heterocycles. The van der Waals surface area contributed by atoms with E-state index in [0.29, 0.717) is 0 Å². The predicted octanol–water partition coefficient (Wildman–Crippen LogP) is 4.48. The van der Waals surface area contributed by atoms with E-state index in [1.54, 1.807) is 18.0 Å². The quantitative estimate of drug-likeness (QED) is 0.599. The third kappa shape index (κ3) is 2.92. The van der Waals surface area contributed by atoms with Gasteiger partial charge in [0.1, 0.15) is 5.75 Å². The van der Waals surface area contributed by atoms with Gasteiger partial charge in [-0.05, 0) is 42.8 Å². The molecule has 0 fully saturated rings. The second kappa shape index (κ2) is 6.28. The smallest absolute Gasteiger partial charge is 0.144 e. The van der Waals surface area contributed by atoms with Crippen LogP contribution in [0.5, 0.6) is 5.75 Å². The van der Waals surface area contributed by atoms with Gasteiger partial charge in [-0.3, -0.25) is 4.98 Å². The summed E-state index contributed by atoms with van der Waals surface area (Å²) in [6.45, 7) is 2.07. The summed E-state index contributed by atoms with van der Waals surface area (Å²) >= 11 is 0. The maximum atomic E-state index is 5.57. The number of aryl methyl sites for hydroxylation is 1.